The number of nitrogens with zero attached hydrogens (tertiary/aromatic N) is 1. The maximum atomic E-state index is 9.24. The summed E-state index contributed by atoms with van der Waals surface area (Å²) in [6, 6.07) is 5.70. The van der Waals surface area contributed by atoms with Crippen molar-refractivity contribution >= 4 is 34.4 Å². The number of fused-ring (bicyclic) bond motifs is 1. The molecule has 18 heavy (non-hydrogen) atoms. The lowest BCUT2D eigenvalue weighted by Gasteiger charge is -2.20. The molecule has 0 fully saturated rings. The predicted molar refractivity (Wildman–Crippen MR) is 78.0 cm³/mol. The fourth-order valence-electron chi connectivity index (χ4n) is 1.84. The molecule has 0 amide bonds. The van der Waals surface area contributed by atoms with Crippen LogP contribution in [0, 0.1) is 0 Å². The van der Waals surface area contributed by atoms with Crippen molar-refractivity contribution in [2.75, 3.05) is 23.9 Å². The topological polar surface area (TPSA) is 87.0 Å². The Morgan fingerprint density at radius 1 is 1.56 bits per heavy atom. The molecule has 0 saturated heterocycles. The first-order chi connectivity index (χ1) is 8.63. The number of rotatable bonds is 5. The van der Waals surface area contributed by atoms with Crippen LogP contribution < -0.4 is 11.1 Å². The Kier molecular flexibility index (Phi) is 3.98. The van der Waals surface area contributed by atoms with Crippen molar-refractivity contribution in [3.8, 4) is 0 Å². The van der Waals surface area contributed by atoms with Gasteiger partial charge in [0.15, 0.2) is 0 Å². The van der Waals surface area contributed by atoms with E-state index in [-0.39, 0.29) is 17.9 Å². The zero-order valence-corrected chi connectivity index (χ0v) is 11.3. The van der Waals surface area contributed by atoms with Crippen LogP contribution in [-0.2, 0) is 0 Å². The number of H-pyrrole nitrogens is 1. The number of aliphatic hydroxyl groups is 1. The Labute approximate surface area is 110 Å². The van der Waals surface area contributed by atoms with E-state index in [1.54, 1.807) is 11.8 Å². The molecule has 2 unspecified atom stereocenters. The normalized spacial score (nSPS) is 14.6. The highest BCUT2D eigenvalue weighted by atomic mass is 32.2. The summed E-state index contributed by atoms with van der Waals surface area (Å²) in [6.45, 7) is 2.17. The van der Waals surface area contributed by atoms with E-state index in [2.05, 4.69) is 15.3 Å². The summed E-state index contributed by atoms with van der Waals surface area (Å²) < 4.78 is 0. The van der Waals surface area contributed by atoms with Crippen LogP contribution in [0.1, 0.15) is 6.92 Å². The van der Waals surface area contributed by atoms with Crippen LogP contribution in [-0.4, -0.2) is 39.2 Å². The van der Waals surface area contributed by atoms with E-state index in [9.17, 15) is 5.11 Å². The monoisotopic (exact) mass is 266 g/mol. The van der Waals surface area contributed by atoms with E-state index in [4.69, 9.17) is 5.73 Å². The number of anilines is 2. The summed E-state index contributed by atoms with van der Waals surface area (Å²) in [7, 11) is 0. The molecule has 0 saturated carbocycles. The number of imidazole rings is 1. The minimum Gasteiger partial charge on any atom is -0.399 e. The SMILES string of the molecule is CSC(CO)C(C)Nc1nc2ccc(N)cc2[nH]1. The van der Waals surface area contributed by atoms with Crippen molar-refractivity contribution in [3.63, 3.8) is 0 Å². The molecule has 0 aliphatic heterocycles. The Hall–Kier alpha value is -1.40. The molecular formula is C12H18N4OS. The number of nitrogens with two attached hydrogens (primary N) is 1. The zero-order valence-electron chi connectivity index (χ0n) is 10.5. The first-order valence-electron chi connectivity index (χ1n) is 5.79. The molecule has 6 heteroatoms. The first kappa shape index (κ1) is 13.0. The van der Waals surface area contributed by atoms with Gasteiger partial charge >= 0.3 is 0 Å². The number of benzene rings is 1. The quantitative estimate of drug-likeness (QED) is 0.618. The van der Waals surface area contributed by atoms with Crippen molar-refractivity contribution in [1.29, 1.82) is 0 Å². The summed E-state index contributed by atoms with van der Waals surface area (Å²) in [4.78, 5) is 7.61. The standard InChI is InChI=1S/C12H18N4OS/c1-7(11(6-17)18-2)14-12-15-9-4-3-8(13)5-10(9)16-12/h3-5,7,11,17H,6,13H2,1-2H3,(H2,14,15,16). The smallest absolute Gasteiger partial charge is 0.201 e. The Morgan fingerprint density at radius 3 is 3.00 bits per heavy atom. The van der Waals surface area contributed by atoms with E-state index >= 15 is 0 Å². The molecule has 0 aliphatic rings. The number of nitrogens with one attached hydrogen (secondary N) is 2. The molecule has 98 valence electrons. The molecule has 0 aliphatic carbocycles. The average molecular weight is 266 g/mol. The molecule has 0 bridgehead atoms. The molecule has 0 radical (unpaired) electrons. The summed E-state index contributed by atoms with van der Waals surface area (Å²) in [5.41, 5.74) is 8.22. The molecule has 1 aromatic carbocycles. The number of aromatic nitrogens is 2. The lowest BCUT2D eigenvalue weighted by molar-refractivity contribution is 0.288. The van der Waals surface area contributed by atoms with Gasteiger partial charge in [-0.25, -0.2) is 4.98 Å². The van der Waals surface area contributed by atoms with E-state index in [0.29, 0.717) is 11.6 Å². The minimum absolute atomic E-state index is 0.128. The summed E-state index contributed by atoms with van der Waals surface area (Å²) >= 11 is 1.63. The van der Waals surface area contributed by atoms with E-state index < -0.39 is 0 Å². The van der Waals surface area contributed by atoms with Crippen LogP contribution >= 0.6 is 11.8 Å². The maximum Gasteiger partial charge on any atom is 0.201 e. The van der Waals surface area contributed by atoms with Crippen molar-refractivity contribution in [3.05, 3.63) is 18.2 Å². The maximum absolute atomic E-state index is 9.24. The van der Waals surface area contributed by atoms with E-state index in [0.717, 1.165) is 11.0 Å². The third-order valence-electron chi connectivity index (χ3n) is 2.91. The minimum atomic E-state index is 0.128. The van der Waals surface area contributed by atoms with E-state index in [1.165, 1.54) is 0 Å². The number of hydrogen-bond acceptors (Lipinski definition) is 5. The molecule has 2 rings (SSSR count). The van der Waals surface area contributed by atoms with Crippen molar-refractivity contribution in [2.45, 2.75) is 18.2 Å². The van der Waals surface area contributed by atoms with Gasteiger partial charge < -0.3 is 21.1 Å². The van der Waals surface area contributed by atoms with Crippen molar-refractivity contribution < 1.29 is 5.11 Å². The Morgan fingerprint density at radius 2 is 2.33 bits per heavy atom. The Balaban J connectivity index is 2.16. The lowest BCUT2D eigenvalue weighted by Crippen LogP contribution is -2.31. The highest BCUT2D eigenvalue weighted by Gasteiger charge is 2.16. The van der Waals surface area contributed by atoms with Gasteiger partial charge in [-0.1, -0.05) is 0 Å². The lowest BCUT2D eigenvalue weighted by atomic mass is 10.2. The zero-order chi connectivity index (χ0) is 13.1. The number of hydrogen-bond donors (Lipinski definition) is 4. The Bertz CT molecular complexity index is 524. The molecule has 2 aromatic rings. The van der Waals surface area contributed by atoms with Crippen LogP contribution in [0.2, 0.25) is 0 Å². The van der Waals surface area contributed by atoms with Gasteiger partial charge in [0.25, 0.3) is 0 Å². The molecule has 5 nitrogen and oxygen atoms in total. The first-order valence-corrected chi connectivity index (χ1v) is 7.08. The van der Waals surface area contributed by atoms with Gasteiger partial charge in [-0.15, -0.1) is 0 Å². The second-order valence-corrected chi connectivity index (χ2v) is 5.33. The summed E-state index contributed by atoms with van der Waals surface area (Å²) in [6.07, 6.45) is 1.98. The van der Waals surface area contributed by atoms with Crippen LogP contribution in [0.3, 0.4) is 0 Å². The molecular weight excluding hydrogens is 248 g/mol. The number of aliphatic hydroxyl groups excluding tert-OH is 1. The average Bonchev–Trinajstić information content (AvgIpc) is 2.71. The molecule has 1 heterocycles. The highest BCUT2D eigenvalue weighted by Crippen LogP contribution is 2.19. The summed E-state index contributed by atoms with van der Waals surface area (Å²) in [5, 5.41) is 12.6. The molecule has 2 atom stereocenters. The summed E-state index contributed by atoms with van der Waals surface area (Å²) in [5.74, 6) is 0.704. The second-order valence-electron chi connectivity index (χ2n) is 4.25. The predicted octanol–water partition coefficient (Wildman–Crippen LogP) is 1.67. The fraction of sp³-hybridized carbons (Fsp3) is 0.417. The number of thioether (sulfide) groups is 1. The van der Waals surface area contributed by atoms with Crippen LogP contribution in [0.15, 0.2) is 18.2 Å². The van der Waals surface area contributed by atoms with Gasteiger partial charge in [0.05, 0.1) is 17.6 Å². The number of nitrogen functional groups attached to an aromatic ring is 1. The van der Waals surface area contributed by atoms with E-state index in [1.807, 2.05) is 31.4 Å². The van der Waals surface area contributed by atoms with Gasteiger partial charge in [0.1, 0.15) is 0 Å². The third kappa shape index (κ3) is 2.70. The highest BCUT2D eigenvalue weighted by molar-refractivity contribution is 7.99. The van der Waals surface area contributed by atoms with Gasteiger partial charge in [-0.05, 0) is 31.4 Å². The van der Waals surface area contributed by atoms with Crippen LogP contribution in [0.4, 0.5) is 11.6 Å². The van der Waals surface area contributed by atoms with Crippen molar-refractivity contribution in [2.24, 2.45) is 0 Å². The van der Waals surface area contributed by atoms with Gasteiger partial charge in [-0.2, -0.15) is 11.8 Å². The van der Waals surface area contributed by atoms with Gasteiger partial charge in [0.2, 0.25) is 5.95 Å². The molecule has 0 spiro atoms. The van der Waals surface area contributed by atoms with Gasteiger partial charge in [0, 0.05) is 17.0 Å². The molecule has 5 N–H and O–H groups in total. The van der Waals surface area contributed by atoms with Crippen LogP contribution in [0.5, 0.6) is 0 Å². The number of aromatic amines is 1. The molecule has 1 aromatic heterocycles. The van der Waals surface area contributed by atoms with Gasteiger partial charge in [-0.3, -0.25) is 0 Å². The largest absolute Gasteiger partial charge is 0.399 e. The van der Waals surface area contributed by atoms with Crippen LogP contribution in [0.25, 0.3) is 11.0 Å². The second kappa shape index (κ2) is 5.49. The third-order valence-corrected chi connectivity index (χ3v) is 4.07. The fourth-order valence-corrected chi connectivity index (χ4v) is 2.47. The van der Waals surface area contributed by atoms with Crippen molar-refractivity contribution in [1.82, 2.24) is 9.97 Å².